The Kier molecular flexibility index (Phi) is 6.14. The molecule has 1 aromatic heterocycles. The maximum atomic E-state index is 12.2. The minimum absolute atomic E-state index is 0.00589. The number of hydrogen-bond acceptors (Lipinski definition) is 6. The molecular weight excluding hydrogens is 336 g/mol. The smallest absolute Gasteiger partial charge is 0.244 e. The number of aromatic nitrogens is 1. The van der Waals surface area contributed by atoms with Crippen LogP contribution < -0.4 is 16.0 Å². The van der Waals surface area contributed by atoms with E-state index in [2.05, 4.69) is 31.1 Å². The molecule has 1 aromatic rings. The van der Waals surface area contributed by atoms with Crippen molar-refractivity contribution in [2.24, 2.45) is 5.84 Å². The highest BCUT2D eigenvalue weighted by atomic mass is 79.9. The van der Waals surface area contributed by atoms with Gasteiger partial charge in [0.2, 0.25) is 10.0 Å². The Bertz CT molecular complexity index is 524. The van der Waals surface area contributed by atoms with Gasteiger partial charge in [-0.3, -0.25) is 0 Å². The fourth-order valence-electron chi connectivity index (χ4n) is 1.42. The lowest BCUT2D eigenvalue weighted by molar-refractivity contribution is 0.188. The van der Waals surface area contributed by atoms with E-state index in [0.717, 1.165) is 0 Å². The molecule has 1 unspecified atom stereocenters. The van der Waals surface area contributed by atoms with E-state index in [1.807, 2.05) is 0 Å². The Labute approximate surface area is 121 Å². The van der Waals surface area contributed by atoms with Gasteiger partial charge in [-0.25, -0.2) is 24.0 Å². The third-order valence-corrected chi connectivity index (χ3v) is 4.39. The topological polar surface area (TPSA) is 106 Å². The molecule has 9 heteroatoms. The molecule has 0 saturated carbocycles. The lowest BCUT2D eigenvalue weighted by Gasteiger charge is -2.15. The first kappa shape index (κ1) is 16.3. The number of nitrogens with two attached hydrogens (primary N) is 1. The lowest BCUT2D eigenvalue weighted by atomic mass is 10.3. The number of hydrazine groups is 1. The first-order valence-electron chi connectivity index (χ1n) is 5.54. The minimum atomic E-state index is -3.70. The van der Waals surface area contributed by atoms with Gasteiger partial charge >= 0.3 is 0 Å². The number of rotatable bonds is 7. The monoisotopic (exact) mass is 352 g/mol. The van der Waals surface area contributed by atoms with Gasteiger partial charge < -0.3 is 10.2 Å². The molecule has 0 bridgehead atoms. The maximum absolute atomic E-state index is 12.2. The first-order valence-corrected chi connectivity index (χ1v) is 7.81. The Hall–Kier alpha value is -0.740. The van der Waals surface area contributed by atoms with Gasteiger partial charge in [0.05, 0.1) is 0 Å². The van der Waals surface area contributed by atoms with E-state index < -0.39 is 10.0 Å². The van der Waals surface area contributed by atoms with Crippen LogP contribution in [0.25, 0.3) is 0 Å². The van der Waals surface area contributed by atoms with Crippen LogP contribution in [0.15, 0.2) is 21.6 Å². The summed E-state index contributed by atoms with van der Waals surface area (Å²) in [6.45, 7) is 2.24. The molecule has 0 radical (unpaired) electrons. The molecule has 7 nitrogen and oxygen atoms in total. The van der Waals surface area contributed by atoms with Crippen LogP contribution in [0.3, 0.4) is 0 Å². The summed E-state index contributed by atoms with van der Waals surface area (Å²) in [7, 11) is -2.13. The second-order valence-corrected chi connectivity index (χ2v) is 6.55. The van der Waals surface area contributed by atoms with Crippen molar-refractivity contribution in [1.29, 1.82) is 0 Å². The molecule has 1 rings (SSSR count). The van der Waals surface area contributed by atoms with E-state index in [-0.39, 0.29) is 16.8 Å². The highest BCUT2D eigenvalue weighted by molar-refractivity contribution is 9.10. The van der Waals surface area contributed by atoms with Gasteiger partial charge in [-0.1, -0.05) is 0 Å². The molecule has 1 atom stereocenters. The summed E-state index contributed by atoms with van der Waals surface area (Å²) in [5.74, 6) is 5.36. The zero-order chi connectivity index (χ0) is 14.5. The summed E-state index contributed by atoms with van der Waals surface area (Å²) in [6.07, 6.45) is 2.03. The molecule has 0 aromatic carbocycles. The van der Waals surface area contributed by atoms with E-state index in [4.69, 9.17) is 10.6 Å². The van der Waals surface area contributed by atoms with Crippen molar-refractivity contribution in [3.63, 3.8) is 0 Å². The van der Waals surface area contributed by atoms with Gasteiger partial charge in [0.25, 0.3) is 0 Å². The molecule has 0 fully saturated rings. The number of nitrogens with zero attached hydrogens (tertiary/aromatic N) is 1. The van der Waals surface area contributed by atoms with Gasteiger partial charge in [0.1, 0.15) is 4.90 Å². The first-order chi connectivity index (χ1) is 8.90. The second-order valence-electron chi connectivity index (χ2n) is 3.95. The molecule has 0 aliphatic carbocycles. The molecule has 1 heterocycles. The standard InChI is InChI=1S/C10H17BrN4O3S/c1-7(3-4-18-2)15-19(16,17)9-5-8(11)6-13-10(9)14-12/h5-7,15H,3-4,12H2,1-2H3,(H,13,14). The van der Waals surface area contributed by atoms with Crippen molar-refractivity contribution in [2.45, 2.75) is 24.3 Å². The fraction of sp³-hybridized carbons (Fsp3) is 0.500. The molecule has 0 amide bonds. The van der Waals surface area contributed by atoms with Crippen molar-refractivity contribution in [2.75, 3.05) is 19.1 Å². The van der Waals surface area contributed by atoms with Crippen molar-refractivity contribution < 1.29 is 13.2 Å². The number of methoxy groups -OCH3 is 1. The highest BCUT2D eigenvalue weighted by Gasteiger charge is 2.22. The number of sulfonamides is 1. The summed E-state index contributed by atoms with van der Waals surface area (Å²) in [6, 6.07) is 1.18. The molecule has 108 valence electrons. The van der Waals surface area contributed by atoms with Crippen LogP contribution in [0, 0.1) is 0 Å². The number of nitrogen functional groups attached to an aromatic ring is 1. The van der Waals surface area contributed by atoms with E-state index in [0.29, 0.717) is 17.5 Å². The molecule has 19 heavy (non-hydrogen) atoms. The third kappa shape index (κ3) is 4.69. The summed E-state index contributed by atoms with van der Waals surface area (Å²) in [5.41, 5.74) is 2.27. The van der Waals surface area contributed by atoms with Crippen molar-refractivity contribution in [1.82, 2.24) is 9.71 Å². The zero-order valence-electron chi connectivity index (χ0n) is 10.7. The fourth-order valence-corrected chi connectivity index (χ4v) is 3.32. The molecule has 0 aliphatic rings. The van der Waals surface area contributed by atoms with E-state index in [1.54, 1.807) is 14.0 Å². The zero-order valence-corrected chi connectivity index (χ0v) is 13.1. The summed E-state index contributed by atoms with van der Waals surface area (Å²) < 4.78 is 32.5. The quantitative estimate of drug-likeness (QED) is 0.495. The molecule has 0 spiro atoms. The number of ether oxygens (including phenoxy) is 1. The summed E-state index contributed by atoms with van der Waals surface area (Å²) in [5, 5.41) is 0. The predicted octanol–water partition coefficient (Wildman–Crippen LogP) is 0.833. The summed E-state index contributed by atoms with van der Waals surface area (Å²) in [4.78, 5) is 3.90. The van der Waals surface area contributed by atoms with Gasteiger partial charge in [0.15, 0.2) is 5.82 Å². The van der Waals surface area contributed by atoms with Crippen LogP contribution in [0.2, 0.25) is 0 Å². The van der Waals surface area contributed by atoms with Gasteiger partial charge in [-0.15, -0.1) is 0 Å². The van der Waals surface area contributed by atoms with Crippen molar-refractivity contribution in [3.05, 3.63) is 16.7 Å². The number of anilines is 1. The largest absolute Gasteiger partial charge is 0.385 e. The molecular formula is C10H17BrN4O3S. The molecule has 4 N–H and O–H groups in total. The Balaban J connectivity index is 2.96. The average molecular weight is 353 g/mol. The minimum Gasteiger partial charge on any atom is -0.385 e. The maximum Gasteiger partial charge on any atom is 0.244 e. The van der Waals surface area contributed by atoms with Crippen LogP contribution >= 0.6 is 15.9 Å². The van der Waals surface area contributed by atoms with E-state index >= 15 is 0 Å². The predicted molar refractivity (Wildman–Crippen MR) is 76.0 cm³/mol. The van der Waals surface area contributed by atoms with Crippen LogP contribution in [-0.4, -0.2) is 33.2 Å². The van der Waals surface area contributed by atoms with Crippen molar-refractivity contribution in [3.8, 4) is 0 Å². The van der Waals surface area contributed by atoms with Crippen molar-refractivity contribution >= 4 is 31.8 Å². The Morgan fingerprint density at radius 1 is 1.58 bits per heavy atom. The summed E-state index contributed by atoms with van der Waals surface area (Å²) >= 11 is 3.18. The number of hydrogen-bond donors (Lipinski definition) is 3. The van der Waals surface area contributed by atoms with Crippen LogP contribution in [0.1, 0.15) is 13.3 Å². The third-order valence-electron chi connectivity index (χ3n) is 2.36. The van der Waals surface area contributed by atoms with Crippen LogP contribution in [-0.2, 0) is 14.8 Å². The van der Waals surface area contributed by atoms with E-state index in [1.165, 1.54) is 12.3 Å². The SMILES string of the molecule is COCCC(C)NS(=O)(=O)c1cc(Br)cnc1NN. The highest BCUT2D eigenvalue weighted by Crippen LogP contribution is 2.22. The number of pyridine rings is 1. The lowest BCUT2D eigenvalue weighted by Crippen LogP contribution is -2.34. The average Bonchev–Trinajstić information content (AvgIpc) is 2.35. The Morgan fingerprint density at radius 3 is 2.84 bits per heavy atom. The van der Waals surface area contributed by atoms with Crippen LogP contribution in [0.5, 0.6) is 0 Å². The normalized spacial score (nSPS) is 13.3. The number of halogens is 1. The molecule has 0 saturated heterocycles. The van der Waals surface area contributed by atoms with Gasteiger partial charge in [-0.05, 0) is 35.3 Å². The van der Waals surface area contributed by atoms with Gasteiger partial charge in [0, 0.05) is 30.4 Å². The Morgan fingerprint density at radius 2 is 2.26 bits per heavy atom. The second kappa shape index (κ2) is 7.15. The van der Waals surface area contributed by atoms with Gasteiger partial charge in [-0.2, -0.15) is 0 Å². The number of nitrogens with one attached hydrogen (secondary N) is 2. The van der Waals surface area contributed by atoms with E-state index in [9.17, 15) is 8.42 Å². The van der Waals surface area contributed by atoms with Crippen LogP contribution in [0.4, 0.5) is 5.82 Å². The molecule has 0 aliphatic heterocycles.